The number of carbonyl (C=O) groups excluding carboxylic acids is 1. The molecule has 0 spiro atoms. The van der Waals surface area contributed by atoms with Gasteiger partial charge in [0.2, 0.25) is 5.91 Å². The maximum Gasteiger partial charge on any atom is 0.244 e. The quantitative estimate of drug-likeness (QED) is 0.784. The number of nitrogens with one attached hydrogen (secondary N) is 1. The van der Waals surface area contributed by atoms with Gasteiger partial charge in [-0.25, -0.2) is 0 Å². The van der Waals surface area contributed by atoms with E-state index in [9.17, 15) is 4.79 Å². The first kappa shape index (κ1) is 14.8. The van der Waals surface area contributed by atoms with Crippen LogP contribution in [-0.2, 0) is 11.3 Å². The molecule has 2 heterocycles. The average molecular weight is 340 g/mol. The Bertz CT molecular complexity index is 537. The van der Waals surface area contributed by atoms with Crippen molar-refractivity contribution in [1.82, 2.24) is 24.9 Å². The number of rotatable bonds is 7. The largest absolute Gasteiger partial charge is 0.354 e. The molecule has 7 heteroatoms. The summed E-state index contributed by atoms with van der Waals surface area (Å²) in [6.07, 6.45) is 8.73. The van der Waals surface area contributed by atoms with Crippen molar-refractivity contribution in [1.29, 1.82) is 0 Å². The van der Waals surface area contributed by atoms with Crippen molar-refractivity contribution in [3.05, 3.63) is 35.3 Å². The molecule has 1 amide bonds. The van der Waals surface area contributed by atoms with Crippen LogP contribution >= 0.6 is 15.9 Å². The molecule has 0 radical (unpaired) electrons. The molecule has 2 rings (SSSR count). The van der Waals surface area contributed by atoms with Gasteiger partial charge in [-0.3, -0.25) is 14.2 Å². The Morgan fingerprint density at radius 1 is 1.50 bits per heavy atom. The Morgan fingerprint density at radius 3 is 2.95 bits per heavy atom. The summed E-state index contributed by atoms with van der Waals surface area (Å²) in [6.45, 7) is 3.42. The first-order valence-corrected chi connectivity index (χ1v) is 7.44. The summed E-state index contributed by atoms with van der Waals surface area (Å²) in [4.78, 5) is 12.1. The molecule has 0 aromatic carbocycles. The summed E-state index contributed by atoms with van der Waals surface area (Å²) >= 11 is 3.34. The zero-order chi connectivity index (χ0) is 14.4. The van der Waals surface area contributed by atoms with E-state index in [4.69, 9.17) is 0 Å². The fraction of sp³-hybridized carbons (Fsp3) is 0.462. The van der Waals surface area contributed by atoms with Gasteiger partial charge < -0.3 is 5.32 Å². The fourth-order valence-corrected chi connectivity index (χ4v) is 2.28. The van der Waals surface area contributed by atoms with Crippen LogP contribution in [0.25, 0.3) is 0 Å². The van der Waals surface area contributed by atoms with E-state index in [1.165, 1.54) is 0 Å². The molecule has 108 valence electrons. The molecule has 20 heavy (non-hydrogen) atoms. The van der Waals surface area contributed by atoms with Crippen molar-refractivity contribution < 1.29 is 4.79 Å². The molecule has 0 saturated heterocycles. The van der Waals surface area contributed by atoms with E-state index in [0.29, 0.717) is 13.0 Å². The molecule has 2 aromatic rings. The number of halogens is 1. The molecule has 0 bridgehead atoms. The first-order valence-electron chi connectivity index (χ1n) is 6.65. The van der Waals surface area contributed by atoms with E-state index in [2.05, 4.69) is 31.4 Å². The number of aryl methyl sites for hydroxylation is 1. The molecular formula is C13H18BrN5O. The minimum Gasteiger partial charge on any atom is -0.354 e. The maximum atomic E-state index is 12.1. The Kier molecular flexibility index (Phi) is 5.34. The second kappa shape index (κ2) is 7.23. The van der Waals surface area contributed by atoms with Crippen molar-refractivity contribution in [2.75, 3.05) is 6.54 Å². The summed E-state index contributed by atoms with van der Waals surface area (Å²) in [5.74, 6) is 0.00330. The van der Waals surface area contributed by atoms with Gasteiger partial charge in [0, 0.05) is 31.7 Å². The standard InChI is InChI=1S/C13H18BrN5O/c1-2-12(19-10-11(14)9-17-19)13(20)15-5-3-7-18-8-4-6-16-18/h4,6,8-10,12H,2-3,5,7H2,1H3,(H,15,20). The van der Waals surface area contributed by atoms with Crippen LogP contribution in [0.2, 0.25) is 0 Å². The molecule has 0 aliphatic carbocycles. The number of aromatic nitrogens is 4. The van der Waals surface area contributed by atoms with Gasteiger partial charge in [-0.15, -0.1) is 0 Å². The Morgan fingerprint density at radius 2 is 2.35 bits per heavy atom. The minimum absolute atomic E-state index is 0.00330. The molecule has 0 saturated carbocycles. The third kappa shape index (κ3) is 3.93. The van der Waals surface area contributed by atoms with Crippen LogP contribution in [0.15, 0.2) is 35.3 Å². The second-order valence-electron chi connectivity index (χ2n) is 4.48. The molecule has 0 aliphatic heterocycles. The average Bonchev–Trinajstić information content (AvgIpc) is 3.07. The molecule has 0 fully saturated rings. The van der Waals surface area contributed by atoms with Gasteiger partial charge in [0.05, 0.1) is 10.7 Å². The minimum atomic E-state index is -0.258. The Labute approximate surface area is 126 Å². The van der Waals surface area contributed by atoms with E-state index >= 15 is 0 Å². The van der Waals surface area contributed by atoms with Gasteiger partial charge in [-0.1, -0.05) is 6.92 Å². The maximum absolute atomic E-state index is 12.1. The van der Waals surface area contributed by atoms with Crippen LogP contribution < -0.4 is 5.32 Å². The van der Waals surface area contributed by atoms with Crippen LogP contribution in [0, 0.1) is 0 Å². The van der Waals surface area contributed by atoms with Crippen LogP contribution in [0.1, 0.15) is 25.8 Å². The van der Waals surface area contributed by atoms with E-state index in [0.717, 1.165) is 17.4 Å². The normalized spacial score (nSPS) is 12.3. The van der Waals surface area contributed by atoms with Crippen molar-refractivity contribution in [3.8, 4) is 0 Å². The van der Waals surface area contributed by atoms with Crippen molar-refractivity contribution in [3.63, 3.8) is 0 Å². The van der Waals surface area contributed by atoms with E-state index in [-0.39, 0.29) is 11.9 Å². The van der Waals surface area contributed by atoms with Crippen LogP contribution in [-0.4, -0.2) is 32.0 Å². The number of carbonyl (C=O) groups is 1. The monoisotopic (exact) mass is 339 g/mol. The van der Waals surface area contributed by atoms with Gasteiger partial charge in [0.15, 0.2) is 0 Å². The number of nitrogens with zero attached hydrogens (tertiary/aromatic N) is 4. The molecule has 1 N–H and O–H groups in total. The summed E-state index contributed by atoms with van der Waals surface area (Å²) < 4.78 is 4.42. The molecular weight excluding hydrogens is 322 g/mol. The lowest BCUT2D eigenvalue weighted by Gasteiger charge is -2.15. The van der Waals surface area contributed by atoms with Crippen LogP contribution in [0.3, 0.4) is 0 Å². The van der Waals surface area contributed by atoms with Crippen molar-refractivity contribution in [2.45, 2.75) is 32.4 Å². The number of hydrogen-bond acceptors (Lipinski definition) is 3. The van der Waals surface area contributed by atoms with Gasteiger partial charge in [0.25, 0.3) is 0 Å². The smallest absolute Gasteiger partial charge is 0.244 e. The number of hydrogen-bond donors (Lipinski definition) is 1. The third-order valence-corrected chi connectivity index (χ3v) is 3.41. The summed E-state index contributed by atoms with van der Waals surface area (Å²) in [5, 5.41) is 11.2. The first-order chi connectivity index (χ1) is 9.70. The highest BCUT2D eigenvalue weighted by molar-refractivity contribution is 9.10. The lowest BCUT2D eigenvalue weighted by atomic mass is 10.2. The SMILES string of the molecule is CCC(C(=O)NCCCn1cccn1)n1cc(Br)cn1. The van der Waals surface area contributed by atoms with Crippen LogP contribution in [0.4, 0.5) is 0 Å². The van der Waals surface area contributed by atoms with E-state index in [1.54, 1.807) is 17.1 Å². The molecule has 1 unspecified atom stereocenters. The second-order valence-corrected chi connectivity index (χ2v) is 5.39. The Hall–Kier alpha value is -1.63. The van der Waals surface area contributed by atoms with E-state index in [1.807, 2.05) is 30.1 Å². The Balaban J connectivity index is 1.78. The van der Waals surface area contributed by atoms with Gasteiger partial charge in [0.1, 0.15) is 6.04 Å². The lowest BCUT2D eigenvalue weighted by molar-refractivity contribution is -0.124. The van der Waals surface area contributed by atoms with Gasteiger partial charge >= 0.3 is 0 Å². The highest BCUT2D eigenvalue weighted by Crippen LogP contribution is 2.14. The highest BCUT2D eigenvalue weighted by Gasteiger charge is 2.18. The van der Waals surface area contributed by atoms with Crippen LogP contribution in [0.5, 0.6) is 0 Å². The van der Waals surface area contributed by atoms with Gasteiger partial charge in [-0.2, -0.15) is 10.2 Å². The van der Waals surface area contributed by atoms with Gasteiger partial charge in [-0.05, 0) is 34.8 Å². The summed E-state index contributed by atoms with van der Waals surface area (Å²) in [5.41, 5.74) is 0. The lowest BCUT2D eigenvalue weighted by Crippen LogP contribution is -2.33. The van der Waals surface area contributed by atoms with E-state index < -0.39 is 0 Å². The molecule has 1 atom stereocenters. The zero-order valence-electron chi connectivity index (χ0n) is 11.4. The summed E-state index contributed by atoms with van der Waals surface area (Å²) in [6, 6.07) is 1.63. The fourth-order valence-electron chi connectivity index (χ4n) is 1.98. The predicted molar refractivity (Wildman–Crippen MR) is 79.1 cm³/mol. The molecule has 6 nitrogen and oxygen atoms in total. The highest BCUT2D eigenvalue weighted by atomic mass is 79.9. The molecule has 2 aromatic heterocycles. The van der Waals surface area contributed by atoms with Crippen molar-refractivity contribution >= 4 is 21.8 Å². The van der Waals surface area contributed by atoms with Crippen molar-refractivity contribution in [2.24, 2.45) is 0 Å². The predicted octanol–water partition coefficient (Wildman–Crippen LogP) is 2.00. The number of amides is 1. The molecule has 0 aliphatic rings. The third-order valence-electron chi connectivity index (χ3n) is 3.00. The summed E-state index contributed by atoms with van der Waals surface area (Å²) in [7, 11) is 0. The zero-order valence-corrected chi connectivity index (χ0v) is 13.0. The topological polar surface area (TPSA) is 64.7 Å².